The Morgan fingerprint density at radius 2 is 2.29 bits per heavy atom. The van der Waals surface area contributed by atoms with E-state index in [1.54, 1.807) is 12.4 Å². The molecule has 0 saturated heterocycles. The van der Waals surface area contributed by atoms with Crippen LogP contribution < -0.4 is 11.1 Å². The van der Waals surface area contributed by atoms with Crippen LogP contribution in [0.3, 0.4) is 0 Å². The Hall–Kier alpha value is -1.42. The quantitative estimate of drug-likeness (QED) is 0.789. The summed E-state index contributed by atoms with van der Waals surface area (Å²) in [5.41, 5.74) is 6.65. The van der Waals surface area contributed by atoms with Crippen molar-refractivity contribution in [3.63, 3.8) is 0 Å². The fourth-order valence-electron chi connectivity index (χ4n) is 1.61. The Labute approximate surface area is 103 Å². The third-order valence-electron chi connectivity index (χ3n) is 2.63. The van der Waals surface area contributed by atoms with Gasteiger partial charge in [0.05, 0.1) is 6.04 Å². The van der Waals surface area contributed by atoms with Gasteiger partial charge in [-0.15, -0.1) is 0 Å². The van der Waals surface area contributed by atoms with Gasteiger partial charge in [0.15, 0.2) is 0 Å². The number of amides is 1. The van der Waals surface area contributed by atoms with E-state index in [0.29, 0.717) is 6.42 Å². The summed E-state index contributed by atoms with van der Waals surface area (Å²) in [6.45, 7) is 3.91. The second-order valence-electron chi connectivity index (χ2n) is 4.45. The number of carbonyl (C=O) groups is 1. The zero-order chi connectivity index (χ0) is 12.7. The number of pyridine rings is 1. The third kappa shape index (κ3) is 5.45. The van der Waals surface area contributed by atoms with E-state index in [4.69, 9.17) is 5.73 Å². The standard InChI is InChI=1S/C13H21N3O/c1-10(14)5-3-7-13(17)16-11(2)12-6-4-8-15-9-12/h4,6,8-11H,3,5,7,14H2,1-2H3,(H,16,17). The lowest BCUT2D eigenvalue weighted by molar-refractivity contribution is -0.121. The average Bonchev–Trinajstić information content (AvgIpc) is 2.29. The molecule has 1 amide bonds. The molecule has 0 aromatic carbocycles. The first-order valence-corrected chi connectivity index (χ1v) is 6.04. The molecule has 0 saturated carbocycles. The van der Waals surface area contributed by atoms with Gasteiger partial charge in [-0.3, -0.25) is 9.78 Å². The van der Waals surface area contributed by atoms with Crippen LogP contribution in [0.1, 0.15) is 44.7 Å². The molecule has 1 heterocycles. The molecule has 1 rings (SSSR count). The van der Waals surface area contributed by atoms with Gasteiger partial charge in [0, 0.05) is 24.9 Å². The molecule has 2 atom stereocenters. The number of rotatable bonds is 6. The van der Waals surface area contributed by atoms with E-state index in [1.165, 1.54) is 0 Å². The summed E-state index contributed by atoms with van der Waals surface area (Å²) >= 11 is 0. The van der Waals surface area contributed by atoms with Crippen LogP contribution in [-0.4, -0.2) is 16.9 Å². The maximum Gasteiger partial charge on any atom is 0.220 e. The SMILES string of the molecule is CC(N)CCCC(=O)NC(C)c1cccnc1. The van der Waals surface area contributed by atoms with E-state index in [-0.39, 0.29) is 18.0 Å². The van der Waals surface area contributed by atoms with Crippen LogP contribution in [0.4, 0.5) is 0 Å². The minimum absolute atomic E-state index is 0.00602. The van der Waals surface area contributed by atoms with Gasteiger partial charge < -0.3 is 11.1 Å². The van der Waals surface area contributed by atoms with Crippen molar-refractivity contribution in [2.24, 2.45) is 5.73 Å². The van der Waals surface area contributed by atoms with Gasteiger partial charge in [0.1, 0.15) is 0 Å². The summed E-state index contributed by atoms with van der Waals surface area (Å²) in [5, 5.41) is 2.95. The fraction of sp³-hybridized carbons (Fsp3) is 0.538. The van der Waals surface area contributed by atoms with Crippen LogP contribution in [0.5, 0.6) is 0 Å². The lowest BCUT2D eigenvalue weighted by atomic mass is 10.1. The molecule has 4 heteroatoms. The second-order valence-corrected chi connectivity index (χ2v) is 4.45. The van der Waals surface area contributed by atoms with Gasteiger partial charge in [-0.2, -0.15) is 0 Å². The van der Waals surface area contributed by atoms with Crippen LogP contribution >= 0.6 is 0 Å². The highest BCUT2D eigenvalue weighted by Gasteiger charge is 2.09. The van der Waals surface area contributed by atoms with Crippen molar-refractivity contribution in [1.82, 2.24) is 10.3 Å². The number of carbonyl (C=O) groups excluding carboxylic acids is 1. The zero-order valence-electron chi connectivity index (χ0n) is 10.5. The molecular weight excluding hydrogens is 214 g/mol. The van der Waals surface area contributed by atoms with E-state index >= 15 is 0 Å². The summed E-state index contributed by atoms with van der Waals surface area (Å²) in [7, 11) is 0. The lowest BCUT2D eigenvalue weighted by Gasteiger charge is -2.14. The first-order chi connectivity index (χ1) is 8.09. The van der Waals surface area contributed by atoms with E-state index < -0.39 is 0 Å². The molecule has 17 heavy (non-hydrogen) atoms. The predicted molar refractivity (Wildman–Crippen MR) is 68.3 cm³/mol. The molecule has 0 aliphatic heterocycles. The molecule has 0 fully saturated rings. The van der Waals surface area contributed by atoms with Crippen molar-refractivity contribution in [2.75, 3.05) is 0 Å². The second kappa shape index (κ2) is 7.01. The number of nitrogens with one attached hydrogen (secondary N) is 1. The van der Waals surface area contributed by atoms with Crippen LogP contribution in [0.25, 0.3) is 0 Å². The molecule has 1 aromatic rings. The van der Waals surface area contributed by atoms with Crippen molar-refractivity contribution < 1.29 is 4.79 Å². The maximum absolute atomic E-state index is 11.6. The predicted octanol–water partition coefficient (Wildman–Crippen LogP) is 1.78. The lowest BCUT2D eigenvalue weighted by Crippen LogP contribution is -2.26. The summed E-state index contributed by atoms with van der Waals surface area (Å²) in [6, 6.07) is 4.00. The Bertz CT molecular complexity index is 338. The first kappa shape index (κ1) is 13.6. The van der Waals surface area contributed by atoms with Gasteiger partial charge >= 0.3 is 0 Å². The Balaban J connectivity index is 2.31. The van der Waals surface area contributed by atoms with E-state index in [0.717, 1.165) is 18.4 Å². The molecule has 1 aromatic heterocycles. The number of hydrogen-bond donors (Lipinski definition) is 2. The van der Waals surface area contributed by atoms with Gasteiger partial charge in [0.2, 0.25) is 5.91 Å². The highest BCUT2D eigenvalue weighted by molar-refractivity contribution is 5.76. The summed E-state index contributed by atoms with van der Waals surface area (Å²) in [6.07, 6.45) is 5.75. The fourth-order valence-corrected chi connectivity index (χ4v) is 1.61. The van der Waals surface area contributed by atoms with Crippen molar-refractivity contribution >= 4 is 5.91 Å². The minimum Gasteiger partial charge on any atom is -0.350 e. The number of nitrogens with two attached hydrogens (primary N) is 1. The van der Waals surface area contributed by atoms with Crippen LogP contribution in [-0.2, 0) is 4.79 Å². The Kier molecular flexibility index (Phi) is 5.63. The molecule has 4 nitrogen and oxygen atoms in total. The number of hydrogen-bond acceptors (Lipinski definition) is 3. The summed E-state index contributed by atoms with van der Waals surface area (Å²) < 4.78 is 0. The maximum atomic E-state index is 11.6. The topological polar surface area (TPSA) is 68.0 Å². The molecule has 0 radical (unpaired) electrons. The monoisotopic (exact) mass is 235 g/mol. The Morgan fingerprint density at radius 3 is 2.88 bits per heavy atom. The average molecular weight is 235 g/mol. The summed E-state index contributed by atoms with van der Waals surface area (Å²) in [5.74, 6) is 0.0713. The highest BCUT2D eigenvalue weighted by Crippen LogP contribution is 2.10. The van der Waals surface area contributed by atoms with Crippen molar-refractivity contribution in [1.29, 1.82) is 0 Å². The van der Waals surface area contributed by atoms with Crippen molar-refractivity contribution in [2.45, 2.75) is 45.2 Å². The first-order valence-electron chi connectivity index (χ1n) is 6.04. The molecular formula is C13H21N3O. The normalized spacial score (nSPS) is 14.1. The van der Waals surface area contributed by atoms with Gasteiger partial charge in [-0.25, -0.2) is 0 Å². The molecule has 0 spiro atoms. The van der Waals surface area contributed by atoms with Gasteiger partial charge in [0.25, 0.3) is 0 Å². The van der Waals surface area contributed by atoms with Crippen molar-refractivity contribution in [3.8, 4) is 0 Å². The van der Waals surface area contributed by atoms with E-state index in [9.17, 15) is 4.79 Å². The number of nitrogens with zero attached hydrogens (tertiary/aromatic N) is 1. The summed E-state index contributed by atoms with van der Waals surface area (Å²) in [4.78, 5) is 15.7. The molecule has 0 aliphatic carbocycles. The van der Waals surface area contributed by atoms with Crippen LogP contribution in [0.2, 0.25) is 0 Å². The third-order valence-corrected chi connectivity index (χ3v) is 2.63. The minimum atomic E-state index is 0.00602. The zero-order valence-corrected chi connectivity index (χ0v) is 10.5. The van der Waals surface area contributed by atoms with Gasteiger partial charge in [-0.1, -0.05) is 6.07 Å². The van der Waals surface area contributed by atoms with Crippen LogP contribution in [0.15, 0.2) is 24.5 Å². The van der Waals surface area contributed by atoms with Gasteiger partial charge in [-0.05, 0) is 38.3 Å². The Morgan fingerprint density at radius 1 is 1.53 bits per heavy atom. The molecule has 94 valence electrons. The molecule has 3 N–H and O–H groups in total. The molecule has 2 unspecified atom stereocenters. The van der Waals surface area contributed by atoms with Crippen LogP contribution in [0, 0.1) is 0 Å². The van der Waals surface area contributed by atoms with E-state index in [2.05, 4.69) is 10.3 Å². The van der Waals surface area contributed by atoms with E-state index in [1.807, 2.05) is 26.0 Å². The number of aromatic nitrogens is 1. The smallest absolute Gasteiger partial charge is 0.220 e. The highest BCUT2D eigenvalue weighted by atomic mass is 16.1. The molecule has 0 aliphatic rings. The van der Waals surface area contributed by atoms with Crippen molar-refractivity contribution in [3.05, 3.63) is 30.1 Å². The molecule has 0 bridgehead atoms. The largest absolute Gasteiger partial charge is 0.350 e.